The monoisotopic (exact) mass is 470 g/mol. The number of H-pyrrole nitrogens is 1. The maximum Gasteiger partial charge on any atom is 0.416 e. The van der Waals surface area contributed by atoms with Crippen molar-refractivity contribution in [3.05, 3.63) is 107 Å². The summed E-state index contributed by atoms with van der Waals surface area (Å²) in [5.74, 6) is -0.369. The molecule has 0 saturated carbocycles. The van der Waals surface area contributed by atoms with Crippen molar-refractivity contribution in [1.29, 1.82) is 0 Å². The van der Waals surface area contributed by atoms with Crippen LogP contribution >= 0.6 is 0 Å². The van der Waals surface area contributed by atoms with Crippen LogP contribution in [0.4, 0.5) is 13.2 Å². The number of hydrogen-bond acceptors (Lipinski definition) is 2. The average Bonchev–Trinajstić information content (AvgIpc) is 3.21. The standard InChI is InChI=1S/C25H21F3N2O2S/c26-25(27,28)19-11-9-17(10-12-19)16-33(31,32)30-14-13-18-5-1-2-6-20(18)24(30)22-15-29-23-8-4-3-7-21(22)23/h1-12,15,24,29H,13-14,16H2/t24-/m1/s1. The molecular formula is C25H21F3N2O2S. The van der Waals surface area contributed by atoms with E-state index in [0.29, 0.717) is 18.5 Å². The highest BCUT2D eigenvalue weighted by Gasteiger charge is 2.37. The largest absolute Gasteiger partial charge is 0.416 e. The van der Waals surface area contributed by atoms with Gasteiger partial charge in [0.25, 0.3) is 0 Å². The number of rotatable bonds is 4. The molecule has 2 heterocycles. The normalized spacial score (nSPS) is 17.2. The number of alkyl halides is 3. The second-order valence-corrected chi connectivity index (χ2v) is 10.1. The number of sulfonamides is 1. The molecule has 0 fully saturated rings. The average molecular weight is 471 g/mol. The van der Waals surface area contributed by atoms with E-state index in [-0.39, 0.29) is 5.75 Å². The summed E-state index contributed by atoms with van der Waals surface area (Å²) in [5, 5.41) is 0.939. The topological polar surface area (TPSA) is 53.2 Å². The number of aromatic nitrogens is 1. The summed E-state index contributed by atoms with van der Waals surface area (Å²) < 4.78 is 67.3. The van der Waals surface area contributed by atoms with Gasteiger partial charge in [0.15, 0.2) is 0 Å². The summed E-state index contributed by atoms with van der Waals surface area (Å²) in [6, 6.07) is 19.3. The minimum Gasteiger partial charge on any atom is -0.361 e. The molecule has 8 heteroatoms. The maximum absolute atomic E-state index is 13.6. The van der Waals surface area contributed by atoms with E-state index >= 15 is 0 Å². The van der Waals surface area contributed by atoms with Gasteiger partial charge in [-0.3, -0.25) is 0 Å². The van der Waals surface area contributed by atoms with Crippen LogP contribution in [-0.4, -0.2) is 24.3 Å². The minimum absolute atomic E-state index is 0.296. The Bertz CT molecular complexity index is 1410. The summed E-state index contributed by atoms with van der Waals surface area (Å²) in [4.78, 5) is 3.23. The zero-order chi connectivity index (χ0) is 23.2. The molecule has 0 aliphatic carbocycles. The summed E-state index contributed by atoms with van der Waals surface area (Å²) >= 11 is 0. The molecule has 3 aromatic carbocycles. The molecule has 0 saturated heterocycles. The fourth-order valence-corrected chi connectivity index (χ4v) is 6.27. The molecule has 4 nitrogen and oxygen atoms in total. The summed E-state index contributed by atoms with van der Waals surface area (Å²) in [6.45, 7) is 0.296. The van der Waals surface area contributed by atoms with Crippen LogP contribution < -0.4 is 0 Å². The van der Waals surface area contributed by atoms with E-state index in [9.17, 15) is 21.6 Å². The summed E-state index contributed by atoms with van der Waals surface area (Å²) in [6.07, 6.45) is -2.05. The number of hydrogen-bond donors (Lipinski definition) is 1. The number of nitrogens with one attached hydrogen (secondary N) is 1. The van der Waals surface area contributed by atoms with Gasteiger partial charge in [-0.15, -0.1) is 0 Å². The Morgan fingerprint density at radius 1 is 0.909 bits per heavy atom. The molecule has 5 rings (SSSR count). The predicted octanol–water partition coefficient (Wildman–Crippen LogP) is 5.66. The van der Waals surface area contributed by atoms with Crippen molar-refractivity contribution >= 4 is 20.9 Å². The Morgan fingerprint density at radius 3 is 2.36 bits per heavy atom. The van der Waals surface area contributed by atoms with Gasteiger partial charge in [0.05, 0.1) is 17.4 Å². The van der Waals surface area contributed by atoms with E-state index in [1.807, 2.05) is 54.7 Å². The van der Waals surface area contributed by atoms with Crippen molar-refractivity contribution in [1.82, 2.24) is 9.29 Å². The lowest BCUT2D eigenvalue weighted by atomic mass is 9.90. The molecule has 0 radical (unpaired) electrons. The van der Waals surface area contributed by atoms with Crippen LogP contribution in [0.3, 0.4) is 0 Å². The quantitative estimate of drug-likeness (QED) is 0.418. The van der Waals surface area contributed by atoms with Gasteiger partial charge in [0, 0.05) is 29.2 Å². The van der Waals surface area contributed by atoms with Gasteiger partial charge < -0.3 is 4.98 Å². The Morgan fingerprint density at radius 2 is 1.61 bits per heavy atom. The lowest BCUT2D eigenvalue weighted by Gasteiger charge is -2.36. The number of aromatic amines is 1. The van der Waals surface area contributed by atoms with E-state index in [0.717, 1.165) is 39.7 Å². The lowest BCUT2D eigenvalue weighted by molar-refractivity contribution is -0.137. The molecule has 1 atom stereocenters. The van der Waals surface area contributed by atoms with Crippen LogP contribution in [-0.2, 0) is 28.4 Å². The number of fused-ring (bicyclic) bond motifs is 2. The molecular weight excluding hydrogens is 449 g/mol. The van der Waals surface area contributed by atoms with Gasteiger partial charge in [0.1, 0.15) is 0 Å². The van der Waals surface area contributed by atoms with Gasteiger partial charge in [-0.05, 0) is 41.3 Å². The first-order chi connectivity index (χ1) is 15.7. The second kappa shape index (κ2) is 8.04. The van der Waals surface area contributed by atoms with Crippen molar-refractivity contribution in [2.75, 3.05) is 6.54 Å². The molecule has 0 unspecified atom stereocenters. The first-order valence-corrected chi connectivity index (χ1v) is 12.1. The van der Waals surface area contributed by atoms with Crippen molar-refractivity contribution in [2.45, 2.75) is 24.4 Å². The molecule has 1 aromatic heterocycles. The van der Waals surface area contributed by atoms with Gasteiger partial charge in [-0.2, -0.15) is 17.5 Å². The van der Waals surface area contributed by atoms with Crippen molar-refractivity contribution in [3.63, 3.8) is 0 Å². The predicted molar refractivity (Wildman–Crippen MR) is 121 cm³/mol. The molecule has 1 N–H and O–H groups in total. The highest BCUT2D eigenvalue weighted by molar-refractivity contribution is 7.88. The highest BCUT2D eigenvalue weighted by atomic mass is 32.2. The van der Waals surface area contributed by atoms with Gasteiger partial charge in [-0.25, -0.2) is 8.42 Å². The first kappa shape index (κ1) is 21.7. The van der Waals surface area contributed by atoms with E-state index in [4.69, 9.17) is 0 Å². The third-order valence-electron chi connectivity index (χ3n) is 6.14. The van der Waals surface area contributed by atoms with E-state index < -0.39 is 27.8 Å². The van der Waals surface area contributed by atoms with E-state index in [1.165, 1.54) is 16.4 Å². The van der Waals surface area contributed by atoms with Crippen molar-refractivity contribution in [3.8, 4) is 0 Å². The smallest absolute Gasteiger partial charge is 0.361 e. The minimum atomic E-state index is -4.46. The lowest BCUT2D eigenvalue weighted by Crippen LogP contribution is -2.41. The number of nitrogens with zero attached hydrogens (tertiary/aromatic N) is 1. The van der Waals surface area contributed by atoms with Crippen LogP contribution in [0.1, 0.15) is 33.9 Å². The second-order valence-electron chi connectivity index (χ2n) is 8.20. The third kappa shape index (κ3) is 4.05. The Labute approximate surface area is 189 Å². The van der Waals surface area contributed by atoms with E-state index in [1.54, 1.807) is 0 Å². The molecule has 0 spiro atoms. The number of halogens is 3. The summed E-state index contributed by atoms with van der Waals surface area (Å²) in [7, 11) is -3.83. The zero-order valence-electron chi connectivity index (χ0n) is 17.5. The first-order valence-electron chi connectivity index (χ1n) is 10.5. The van der Waals surface area contributed by atoms with Gasteiger partial charge in [0.2, 0.25) is 10.0 Å². The molecule has 170 valence electrons. The van der Waals surface area contributed by atoms with Crippen molar-refractivity contribution in [2.24, 2.45) is 0 Å². The third-order valence-corrected chi connectivity index (χ3v) is 7.95. The summed E-state index contributed by atoms with van der Waals surface area (Å²) in [5.41, 5.74) is 3.30. The molecule has 1 aliphatic rings. The van der Waals surface area contributed by atoms with Crippen molar-refractivity contribution < 1.29 is 21.6 Å². The van der Waals surface area contributed by atoms with Gasteiger partial charge >= 0.3 is 6.18 Å². The van der Waals surface area contributed by atoms with Gasteiger partial charge in [-0.1, -0.05) is 54.6 Å². The van der Waals surface area contributed by atoms with E-state index in [2.05, 4.69) is 4.98 Å². The Balaban J connectivity index is 1.55. The maximum atomic E-state index is 13.6. The zero-order valence-corrected chi connectivity index (χ0v) is 18.3. The Kier molecular flexibility index (Phi) is 5.29. The molecule has 0 amide bonds. The van der Waals surface area contributed by atoms with Crippen LogP contribution in [0.15, 0.2) is 79.0 Å². The molecule has 4 aromatic rings. The molecule has 0 bridgehead atoms. The fourth-order valence-electron chi connectivity index (χ4n) is 4.57. The Hall–Kier alpha value is -3.10. The molecule has 33 heavy (non-hydrogen) atoms. The van der Waals surface area contributed by atoms with Crippen LogP contribution in [0.5, 0.6) is 0 Å². The van der Waals surface area contributed by atoms with Crippen LogP contribution in [0, 0.1) is 0 Å². The fraction of sp³-hybridized carbons (Fsp3) is 0.200. The molecule has 1 aliphatic heterocycles. The van der Waals surface area contributed by atoms with Crippen LogP contribution in [0.2, 0.25) is 0 Å². The number of benzene rings is 3. The number of para-hydroxylation sites is 1. The highest BCUT2D eigenvalue weighted by Crippen LogP contribution is 2.40. The van der Waals surface area contributed by atoms with Crippen LogP contribution in [0.25, 0.3) is 10.9 Å². The SMILES string of the molecule is O=S(=O)(Cc1ccc(C(F)(F)F)cc1)N1CCc2ccccc2[C@@H]1c1c[nH]c2ccccc12.